The Kier molecular flexibility index (Phi) is 3.86. The molecule has 1 atom stereocenters. The largest absolute Gasteiger partial charge is 0.496 e. The van der Waals surface area contributed by atoms with Gasteiger partial charge < -0.3 is 14.9 Å². The maximum atomic E-state index is 6.27. The molecule has 0 aliphatic carbocycles. The molecular formula is C17H16ClNO2. The second kappa shape index (κ2) is 5.80. The molecule has 3 nitrogen and oxygen atoms in total. The van der Waals surface area contributed by atoms with Gasteiger partial charge in [0.25, 0.3) is 0 Å². The van der Waals surface area contributed by atoms with Gasteiger partial charge in [-0.15, -0.1) is 0 Å². The van der Waals surface area contributed by atoms with Crippen molar-refractivity contribution in [3.63, 3.8) is 0 Å². The van der Waals surface area contributed by atoms with Crippen molar-refractivity contribution in [1.82, 2.24) is 0 Å². The van der Waals surface area contributed by atoms with Gasteiger partial charge in [0.2, 0.25) is 0 Å². The van der Waals surface area contributed by atoms with Crippen molar-refractivity contribution >= 4 is 22.6 Å². The Morgan fingerprint density at radius 3 is 2.81 bits per heavy atom. The van der Waals surface area contributed by atoms with Gasteiger partial charge in [0.15, 0.2) is 0 Å². The molecule has 0 fully saturated rings. The zero-order valence-electron chi connectivity index (χ0n) is 11.7. The molecule has 21 heavy (non-hydrogen) atoms. The van der Waals surface area contributed by atoms with Crippen molar-refractivity contribution in [2.24, 2.45) is 5.73 Å². The quantitative estimate of drug-likeness (QED) is 0.780. The zero-order valence-corrected chi connectivity index (χ0v) is 12.4. The highest BCUT2D eigenvalue weighted by Gasteiger charge is 2.15. The van der Waals surface area contributed by atoms with Gasteiger partial charge >= 0.3 is 0 Å². The third kappa shape index (κ3) is 2.89. The molecule has 0 aliphatic rings. The molecule has 2 N–H and O–H groups in total. The lowest BCUT2D eigenvalue weighted by Crippen LogP contribution is -2.13. The molecule has 0 saturated heterocycles. The predicted molar refractivity (Wildman–Crippen MR) is 84.9 cm³/mol. The normalized spacial score (nSPS) is 12.5. The first-order chi connectivity index (χ1) is 10.2. The van der Waals surface area contributed by atoms with Gasteiger partial charge in [-0.05, 0) is 42.3 Å². The summed E-state index contributed by atoms with van der Waals surface area (Å²) in [5, 5.41) is 1.65. The SMILES string of the molecule is COc1ccccc1CC(N)c1cc2cc(Cl)ccc2o1. The van der Waals surface area contributed by atoms with Crippen molar-refractivity contribution in [2.75, 3.05) is 7.11 Å². The third-order valence-electron chi connectivity index (χ3n) is 3.50. The summed E-state index contributed by atoms with van der Waals surface area (Å²) in [4.78, 5) is 0. The van der Waals surface area contributed by atoms with Crippen LogP contribution in [0, 0.1) is 0 Å². The van der Waals surface area contributed by atoms with E-state index in [9.17, 15) is 0 Å². The molecule has 0 amide bonds. The molecule has 108 valence electrons. The predicted octanol–water partition coefficient (Wildman–Crippen LogP) is 4.34. The molecule has 0 bridgehead atoms. The van der Waals surface area contributed by atoms with Gasteiger partial charge in [0.1, 0.15) is 17.1 Å². The van der Waals surface area contributed by atoms with Crippen molar-refractivity contribution in [3.05, 3.63) is 64.9 Å². The summed E-state index contributed by atoms with van der Waals surface area (Å²) in [6, 6.07) is 15.1. The van der Waals surface area contributed by atoms with Gasteiger partial charge in [0, 0.05) is 10.4 Å². The molecule has 2 aromatic carbocycles. The van der Waals surface area contributed by atoms with Crippen LogP contribution in [0.2, 0.25) is 5.02 Å². The lowest BCUT2D eigenvalue weighted by atomic mass is 10.0. The summed E-state index contributed by atoms with van der Waals surface area (Å²) in [5.41, 5.74) is 8.13. The van der Waals surface area contributed by atoms with Crippen LogP contribution in [-0.4, -0.2) is 7.11 Å². The van der Waals surface area contributed by atoms with E-state index in [2.05, 4.69) is 0 Å². The molecule has 0 aliphatic heterocycles. The van der Waals surface area contributed by atoms with E-state index in [0.29, 0.717) is 11.4 Å². The van der Waals surface area contributed by atoms with Crippen molar-refractivity contribution in [3.8, 4) is 5.75 Å². The molecule has 3 rings (SSSR count). The van der Waals surface area contributed by atoms with Gasteiger partial charge in [-0.2, -0.15) is 0 Å². The Hall–Kier alpha value is -1.97. The zero-order chi connectivity index (χ0) is 14.8. The first-order valence-corrected chi connectivity index (χ1v) is 7.11. The number of rotatable bonds is 4. The lowest BCUT2D eigenvalue weighted by Gasteiger charge is -2.12. The topological polar surface area (TPSA) is 48.4 Å². The summed E-state index contributed by atoms with van der Waals surface area (Å²) in [6.45, 7) is 0. The molecule has 1 heterocycles. The van der Waals surface area contributed by atoms with Crippen LogP contribution in [0.25, 0.3) is 11.0 Å². The molecular weight excluding hydrogens is 286 g/mol. The number of ether oxygens (including phenoxy) is 1. The molecule has 0 radical (unpaired) electrons. The summed E-state index contributed by atoms with van der Waals surface area (Å²) in [5.74, 6) is 1.59. The number of hydrogen-bond donors (Lipinski definition) is 1. The van der Waals surface area contributed by atoms with Crippen LogP contribution in [0.5, 0.6) is 5.75 Å². The molecule has 1 aromatic heterocycles. The summed E-state index contributed by atoms with van der Waals surface area (Å²) in [7, 11) is 1.66. The van der Waals surface area contributed by atoms with Crippen molar-refractivity contribution in [2.45, 2.75) is 12.5 Å². The van der Waals surface area contributed by atoms with Crippen LogP contribution in [-0.2, 0) is 6.42 Å². The maximum absolute atomic E-state index is 6.27. The van der Waals surface area contributed by atoms with Gasteiger partial charge in [-0.1, -0.05) is 29.8 Å². The fourth-order valence-corrected chi connectivity index (χ4v) is 2.61. The minimum absolute atomic E-state index is 0.229. The number of fused-ring (bicyclic) bond motifs is 1. The van der Waals surface area contributed by atoms with Crippen LogP contribution in [0.4, 0.5) is 0 Å². The molecule has 0 saturated carbocycles. The molecule has 4 heteroatoms. The third-order valence-corrected chi connectivity index (χ3v) is 3.73. The van der Waals surface area contributed by atoms with Crippen molar-refractivity contribution in [1.29, 1.82) is 0 Å². The average Bonchev–Trinajstić information content (AvgIpc) is 2.91. The molecule has 1 unspecified atom stereocenters. The average molecular weight is 302 g/mol. The highest BCUT2D eigenvalue weighted by Crippen LogP contribution is 2.29. The van der Waals surface area contributed by atoms with Crippen LogP contribution in [0.15, 0.2) is 52.9 Å². The number of furan rings is 1. The van der Waals surface area contributed by atoms with E-state index in [1.54, 1.807) is 7.11 Å². The van der Waals surface area contributed by atoms with Gasteiger partial charge in [-0.25, -0.2) is 0 Å². The summed E-state index contributed by atoms with van der Waals surface area (Å²) >= 11 is 5.99. The molecule has 3 aromatic rings. The van der Waals surface area contributed by atoms with Crippen LogP contribution in [0.3, 0.4) is 0 Å². The monoisotopic (exact) mass is 301 g/mol. The lowest BCUT2D eigenvalue weighted by molar-refractivity contribution is 0.405. The Labute approximate surface area is 128 Å². The Morgan fingerprint density at radius 2 is 2.00 bits per heavy atom. The van der Waals surface area contributed by atoms with Crippen LogP contribution < -0.4 is 10.5 Å². The summed E-state index contributed by atoms with van der Waals surface area (Å²) in [6.07, 6.45) is 0.650. The van der Waals surface area contributed by atoms with E-state index in [4.69, 9.17) is 26.5 Å². The first-order valence-electron chi connectivity index (χ1n) is 6.74. The Morgan fingerprint density at radius 1 is 1.19 bits per heavy atom. The van der Waals surface area contributed by atoms with Gasteiger partial charge in [0.05, 0.1) is 13.2 Å². The molecule has 0 spiro atoms. The van der Waals surface area contributed by atoms with E-state index < -0.39 is 0 Å². The second-order valence-electron chi connectivity index (χ2n) is 4.95. The minimum Gasteiger partial charge on any atom is -0.496 e. The first kappa shape index (κ1) is 14.0. The highest BCUT2D eigenvalue weighted by molar-refractivity contribution is 6.31. The number of hydrogen-bond acceptors (Lipinski definition) is 3. The maximum Gasteiger partial charge on any atom is 0.134 e. The number of halogens is 1. The second-order valence-corrected chi connectivity index (χ2v) is 5.39. The number of methoxy groups -OCH3 is 1. The van der Waals surface area contributed by atoms with Crippen molar-refractivity contribution < 1.29 is 9.15 Å². The number of nitrogens with two attached hydrogens (primary N) is 1. The minimum atomic E-state index is -0.229. The van der Waals surface area contributed by atoms with E-state index in [1.807, 2.05) is 48.5 Å². The number of benzene rings is 2. The number of para-hydroxylation sites is 1. The highest BCUT2D eigenvalue weighted by atomic mass is 35.5. The van der Waals surface area contributed by atoms with E-state index in [0.717, 1.165) is 28.0 Å². The van der Waals surface area contributed by atoms with Crippen LogP contribution in [0.1, 0.15) is 17.4 Å². The van der Waals surface area contributed by atoms with Gasteiger partial charge in [-0.3, -0.25) is 0 Å². The fourth-order valence-electron chi connectivity index (χ4n) is 2.43. The smallest absolute Gasteiger partial charge is 0.134 e. The van der Waals surface area contributed by atoms with E-state index >= 15 is 0 Å². The Bertz CT molecular complexity index is 766. The Balaban J connectivity index is 1.88. The summed E-state index contributed by atoms with van der Waals surface area (Å²) < 4.78 is 11.2. The fraction of sp³-hybridized carbons (Fsp3) is 0.176. The standard InChI is InChI=1S/C17H16ClNO2/c1-20-15-5-3-2-4-11(15)9-14(19)17-10-12-8-13(18)6-7-16(12)21-17/h2-8,10,14H,9,19H2,1H3. The van der Waals surface area contributed by atoms with E-state index in [-0.39, 0.29) is 6.04 Å². The van der Waals surface area contributed by atoms with Crippen LogP contribution >= 0.6 is 11.6 Å². The van der Waals surface area contributed by atoms with E-state index in [1.165, 1.54) is 0 Å².